The van der Waals surface area contributed by atoms with Crippen LogP contribution in [0, 0.1) is 5.92 Å². The van der Waals surface area contributed by atoms with Gasteiger partial charge in [0.25, 0.3) is 5.91 Å². The molecule has 1 amide bonds. The standard InChI is InChI=1S/C15H19NO6/c1-15(2,3)10-5-8(4-9(7-10)13(18)19)6-11(14(20)21)12(17)16-22/h4-5,7,11,22H,6H2,1-3H3,(H,16,17)(H,18,19)(H,20,21). The molecule has 0 radical (unpaired) electrons. The summed E-state index contributed by atoms with van der Waals surface area (Å²) in [6, 6.07) is 4.53. The molecule has 0 heterocycles. The van der Waals surface area contributed by atoms with E-state index in [4.69, 9.17) is 15.4 Å². The second kappa shape index (κ2) is 6.57. The molecule has 0 bridgehead atoms. The zero-order valence-electron chi connectivity index (χ0n) is 12.6. The molecule has 7 nitrogen and oxygen atoms in total. The van der Waals surface area contributed by atoms with Gasteiger partial charge in [0.2, 0.25) is 0 Å². The third kappa shape index (κ3) is 4.29. The third-order valence-electron chi connectivity index (χ3n) is 3.27. The van der Waals surface area contributed by atoms with Crippen molar-refractivity contribution in [3.63, 3.8) is 0 Å². The molecule has 0 aliphatic rings. The number of benzene rings is 1. The maximum Gasteiger partial charge on any atom is 0.335 e. The molecule has 7 heteroatoms. The number of hydroxylamine groups is 1. The summed E-state index contributed by atoms with van der Waals surface area (Å²) in [6.45, 7) is 5.69. The minimum Gasteiger partial charge on any atom is -0.481 e. The highest BCUT2D eigenvalue weighted by molar-refractivity contribution is 5.96. The van der Waals surface area contributed by atoms with Crippen LogP contribution in [0.2, 0.25) is 0 Å². The first-order chi connectivity index (χ1) is 10.1. The Morgan fingerprint density at radius 2 is 1.73 bits per heavy atom. The number of aromatic carboxylic acids is 1. The summed E-state index contributed by atoms with van der Waals surface area (Å²) in [4.78, 5) is 33.7. The third-order valence-corrected chi connectivity index (χ3v) is 3.27. The largest absolute Gasteiger partial charge is 0.481 e. The number of hydrogen-bond donors (Lipinski definition) is 4. The van der Waals surface area contributed by atoms with Crippen LogP contribution in [0.25, 0.3) is 0 Å². The molecule has 22 heavy (non-hydrogen) atoms. The quantitative estimate of drug-likeness (QED) is 0.370. The predicted molar refractivity (Wildman–Crippen MR) is 76.9 cm³/mol. The van der Waals surface area contributed by atoms with Gasteiger partial charge in [0.1, 0.15) is 5.92 Å². The number of amides is 1. The summed E-state index contributed by atoms with van der Waals surface area (Å²) in [5.41, 5.74) is 2.12. The highest BCUT2D eigenvalue weighted by Gasteiger charge is 2.27. The summed E-state index contributed by atoms with van der Waals surface area (Å²) >= 11 is 0. The molecule has 4 N–H and O–H groups in total. The number of hydrogen-bond acceptors (Lipinski definition) is 4. The summed E-state index contributed by atoms with van der Waals surface area (Å²) in [5, 5.41) is 26.8. The van der Waals surface area contributed by atoms with E-state index in [9.17, 15) is 14.4 Å². The highest BCUT2D eigenvalue weighted by Crippen LogP contribution is 2.26. The predicted octanol–water partition coefficient (Wildman–Crippen LogP) is 1.43. The van der Waals surface area contributed by atoms with Gasteiger partial charge in [-0.15, -0.1) is 0 Å². The smallest absolute Gasteiger partial charge is 0.335 e. The SMILES string of the molecule is CC(C)(C)c1cc(CC(C(=O)O)C(=O)NO)cc(C(=O)O)c1. The van der Waals surface area contributed by atoms with Gasteiger partial charge in [0.05, 0.1) is 5.56 Å². The molecule has 0 saturated carbocycles. The summed E-state index contributed by atoms with van der Waals surface area (Å²) in [6.07, 6.45) is -0.216. The number of carbonyl (C=O) groups excluding carboxylic acids is 1. The first-order valence-corrected chi connectivity index (χ1v) is 6.60. The van der Waals surface area contributed by atoms with E-state index in [2.05, 4.69) is 0 Å². The van der Waals surface area contributed by atoms with E-state index in [1.54, 1.807) is 6.07 Å². The molecule has 0 aromatic heterocycles. The second-order valence-electron chi connectivity index (χ2n) is 6.04. The Balaban J connectivity index is 3.28. The zero-order valence-corrected chi connectivity index (χ0v) is 12.6. The Hall–Kier alpha value is -2.41. The van der Waals surface area contributed by atoms with Gasteiger partial charge in [0, 0.05) is 0 Å². The Kier molecular flexibility index (Phi) is 5.27. The molecule has 1 atom stereocenters. The van der Waals surface area contributed by atoms with Gasteiger partial charge < -0.3 is 10.2 Å². The van der Waals surface area contributed by atoms with Gasteiger partial charge in [-0.1, -0.05) is 26.8 Å². The minimum absolute atomic E-state index is 0.0240. The molecule has 1 aromatic carbocycles. The number of rotatable bonds is 5. The fourth-order valence-corrected chi connectivity index (χ4v) is 1.97. The van der Waals surface area contributed by atoms with Crippen molar-refractivity contribution in [2.24, 2.45) is 5.92 Å². The van der Waals surface area contributed by atoms with Crippen molar-refractivity contribution in [3.8, 4) is 0 Å². The number of carboxylic acid groups (broad SMARTS) is 2. The Morgan fingerprint density at radius 1 is 1.14 bits per heavy atom. The monoisotopic (exact) mass is 309 g/mol. The minimum atomic E-state index is -1.50. The Bertz CT molecular complexity index is 603. The van der Waals surface area contributed by atoms with Gasteiger partial charge >= 0.3 is 11.9 Å². The molecular weight excluding hydrogens is 290 g/mol. The van der Waals surface area contributed by atoms with Gasteiger partial charge in [-0.25, -0.2) is 10.3 Å². The first kappa shape index (κ1) is 17.6. The number of carbonyl (C=O) groups is 3. The maximum absolute atomic E-state index is 11.4. The molecule has 1 rings (SSSR count). The molecule has 0 saturated heterocycles. The van der Waals surface area contributed by atoms with E-state index >= 15 is 0 Å². The summed E-state index contributed by atoms with van der Waals surface area (Å²) in [7, 11) is 0. The average Bonchev–Trinajstić information content (AvgIpc) is 2.42. The summed E-state index contributed by atoms with van der Waals surface area (Å²) in [5.74, 6) is -5.08. The second-order valence-corrected chi connectivity index (χ2v) is 6.04. The van der Waals surface area contributed by atoms with Crippen molar-refractivity contribution in [1.29, 1.82) is 0 Å². The lowest BCUT2D eigenvalue weighted by Gasteiger charge is -2.21. The normalized spacial score (nSPS) is 12.5. The number of carboxylic acids is 2. The van der Waals surface area contributed by atoms with Crippen LogP contribution in [-0.4, -0.2) is 33.3 Å². The summed E-state index contributed by atoms with van der Waals surface area (Å²) < 4.78 is 0. The highest BCUT2D eigenvalue weighted by atomic mass is 16.5. The molecule has 1 aromatic rings. The van der Waals surface area contributed by atoms with Gasteiger partial charge in [0.15, 0.2) is 0 Å². The van der Waals surface area contributed by atoms with Crippen molar-refractivity contribution in [2.45, 2.75) is 32.6 Å². The van der Waals surface area contributed by atoms with Crippen LogP contribution < -0.4 is 5.48 Å². The van der Waals surface area contributed by atoms with Crippen LogP contribution in [0.1, 0.15) is 42.3 Å². The van der Waals surface area contributed by atoms with E-state index in [0.717, 1.165) is 5.56 Å². The fraction of sp³-hybridized carbons (Fsp3) is 0.400. The molecule has 0 spiro atoms. The van der Waals surface area contributed by atoms with Crippen molar-refractivity contribution in [1.82, 2.24) is 5.48 Å². The van der Waals surface area contributed by atoms with Crippen LogP contribution in [0.15, 0.2) is 18.2 Å². The van der Waals surface area contributed by atoms with E-state index in [-0.39, 0.29) is 17.4 Å². The topological polar surface area (TPSA) is 124 Å². The number of nitrogens with one attached hydrogen (secondary N) is 1. The maximum atomic E-state index is 11.4. The van der Waals surface area contributed by atoms with E-state index < -0.39 is 23.8 Å². The number of aliphatic carboxylic acids is 1. The molecule has 0 fully saturated rings. The van der Waals surface area contributed by atoms with Gasteiger partial charge in [-0.3, -0.25) is 14.8 Å². The lowest BCUT2D eigenvalue weighted by Crippen LogP contribution is -2.34. The van der Waals surface area contributed by atoms with E-state index in [1.807, 2.05) is 20.8 Å². The van der Waals surface area contributed by atoms with Crippen LogP contribution in [0.5, 0.6) is 0 Å². The molecular formula is C15H19NO6. The van der Waals surface area contributed by atoms with Crippen LogP contribution in [-0.2, 0) is 21.4 Å². The van der Waals surface area contributed by atoms with Crippen LogP contribution in [0.3, 0.4) is 0 Å². The first-order valence-electron chi connectivity index (χ1n) is 6.60. The Labute approximate surface area is 127 Å². The van der Waals surface area contributed by atoms with Gasteiger partial charge in [-0.05, 0) is 35.1 Å². The molecule has 0 aliphatic carbocycles. The lowest BCUT2D eigenvalue weighted by atomic mass is 9.84. The zero-order chi connectivity index (χ0) is 17.1. The molecule has 1 unspecified atom stereocenters. The van der Waals surface area contributed by atoms with E-state index in [1.165, 1.54) is 17.6 Å². The molecule has 120 valence electrons. The lowest BCUT2D eigenvalue weighted by molar-refractivity contribution is -0.150. The van der Waals surface area contributed by atoms with Gasteiger partial charge in [-0.2, -0.15) is 0 Å². The Morgan fingerprint density at radius 3 is 2.14 bits per heavy atom. The van der Waals surface area contributed by atoms with Crippen LogP contribution in [0.4, 0.5) is 0 Å². The van der Waals surface area contributed by atoms with Crippen molar-refractivity contribution in [3.05, 3.63) is 34.9 Å². The van der Waals surface area contributed by atoms with Crippen molar-refractivity contribution < 1.29 is 29.8 Å². The average molecular weight is 309 g/mol. The molecule has 0 aliphatic heterocycles. The van der Waals surface area contributed by atoms with E-state index in [0.29, 0.717) is 5.56 Å². The van der Waals surface area contributed by atoms with Crippen molar-refractivity contribution >= 4 is 17.8 Å². The fourth-order valence-electron chi connectivity index (χ4n) is 1.97. The van der Waals surface area contributed by atoms with Crippen LogP contribution >= 0.6 is 0 Å². The van der Waals surface area contributed by atoms with Crippen molar-refractivity contribution in [2.75, 3.05) is 0 Å².